The van der Waals surface area contributed by atoms with Gasteiger partial charge in [0.15, 0.2) is 0 Å². The first-order valence-corrected chi connectivity index (χ1v) is 6.29. The molecule has 1 N–H and O–H groups in total. The Morgan fingerprint density at radius 2 is 2.00 bits per heavy atom. The van der Waals surface area contributed by atoms with Crippen LogP contribution in [-0.4, -0.2) is 20.9 Å². The zero-order valence-electron chi connectivity index (χ0n) is 11.4. The van der Waals surface area contributed by atoms with Crippen molar-refractivity contribution < 1.29 is 9.90 Å². The van der Waals surface area contributed by atoms with Gasteiger partial charge >= 0.3 is 5.97 Å². The number of hydrogen-bond acceptors (Lipinski definition) is 2. The molecule has 0 spiro atoms. The van der Waals surface area contributed by atoms with Gasteiger partial charge in [0.05, 0.1) is 12.1 Å². The van der Waals surface area contributed by atoms with Crippen molar-refractivity contribution in [2.45, 2.75) is 20.3 Å². The van der Waals surface area contributed by atoms with Crippen LogP contribution in [0, 0.1) is 12.8 Å². The molecule has 0 bridgehead atoms. The maximum absolute atomic E-state index is 11.0. The van der Waals surface area contributed by atoms with Crippen LogP contribution >= 0.6 is 0 Å². The first kappa shape index (κ1) is 13.3. The molecule has 1 unspecified atom stereocenters. The van der Waals surface area contributed by atoms with E-state index in [0.29, 0.717) is 6.42 Å². The summed E-state index contributed by atoms with van der Waals surface area (Å²) in [5.41, 5.74) is 4.24. The maximum atomic E-state index is 11.0. The fourth-order valence-corrected chi connectivity index (χ4v) is 2.06. The molecule has 100 valence electrons. The number of benzene rings is 1. The quantitative estimate of drug-likeness (QED) is 0.917. The molecule has 1 heterocycles. The molecule has 0 aliphatic heterocycles. The molecular formula is C15H18N2O2. The van der Waals surface area contributed by atoms with Gasteiger partial charge in [0, 0.05) is 24.7 Å². The van der Waals surface area contributed by atoms with E-state index in [0.717, 1.165) is 16.8 Å². The number of aryl methyl sites for hydroxylation is 2. The summed E-state index contributed by atoms with van der Waals surface area (Å²) < 4.78 is 1.76. The highest BCUT2D eigenvalue weighted by atomic mass is 16.4. The van der Waals surface area contributed by atoms with Crippen molar-refractivity contribution in [1.29, 1.82) is 0 Å². The van der Waals surface area contributed by atoms with E-state index in [1.807, 2.05) is 38.2 Å². The monoisotopic (exact) mass is 258 g/mol. The van der Waals surface area contributed by atoms with Crippen LogP contribution in [0.4, 0.5) is 0 Å². The van der Waals surface area contributed by atoms with Crippen molar-refractivity contribution in [2.24, 2.45) is 13.0 Å². The van der Waals surface area contributed by atoms with Crippen LogP contribution in [0.5, 0.6) is 0 Å². The molecule has 19 heavy (non-hydrogen) atoms. The smallest absolute Gasteiger partial charge is 0.306 e. The molecule has 1 aromatic carbocycles. The van der Waals surface area contributed by atoms with Crippen molar-refractivity contribution in [1.82, 2.24) is 9.78 Å². The van der Waals surface area contributed by atoms with Gasteiger partial charge in [-0.05, 0) is 12.5 Å². The third kappa shape index (κ3) is 2.84. The third-order valence-electron chi connectivity index (χ3n) is 3.35. The molecule has 4 nitrogen and oxygen atoms in total. The van der Waals surface area contributed by atoms with E-state index < -0.39 is 11.9 Å². The van der Waals surface area contributed by atoms with Crippen molar-refractivity contribution in [3.05, 3.63) is 41.7 Å². The zero-order chi connectivity index (χ0) is 14.0. The Bertz CT molecular complexity index is 585. The fraction of sp³-hybridized carbons (Fsp3) is 0.333. The topological polar surface area (TPSA) is 55.1 Å². The van der Waals surface area contributed by atoms with Crippen LogP contribution in [0.2, 0.25) is 0 Å². The van der Waals surface area contributed by atoms with Crippen LogP contribution < -0.4 is 0 Å². The molecule has 0 fully saturated rings. The van der Waals surface area contributed by atoms with Gasteiger partial charge in [-0.3, -0.25) is 9.48 Å². The Hall–Kier alpha value is -2.10. The first-order chi connectivity index (χ1) is 8.99. The molecule has 1 aromatic heterocycles. The van der Waals surface area contributed by atoms with E-state index in [2.05, 4.69) is 5.10 Å². The largest absolute Gasteiger partial charge is 0.481 e. The van der Waals surface area contributed by atoms with E-state index in [9.17, 15) is 4.79 Å². The van der Waals surface area contributed by atoms with Gasteiger partial charge in [0.25, 0.3) is 0 Å². The number of aromatic nitrogens is 2. The van der Waals surface area contributed by atoms with E-state index in [-0.39, 0.29) is 0 Å². The van der Waals surface area contributed by atoms with Crippen LogP contribution in [0.25, 0.3) is 11.1 Å². The Balaban J connectivity index is 2.37. The highest BCUT2D eigenvalue weighted by molar-refractivity contribution is 5.71. The Morgan fingerprint density at radius 1 is 1.37 bits per heavy atom. The number of nitrogens with zero attached hydrogens (tertiary/aromatic N) is 2. The van der Waals surface area contributed by atoms with E-state index >= 15 is 0 Å². The van der Waals surface area contributed by atoms with Crippen molar-refractivity contribution >= 4 is 5.97 Å². The highest BCUT2D eigenvalue weighted by Gasteiger charge is 2.18. The number of carboxylic acid groups (broad SMARTS) is 1. The minimum Gasteiger partial charge on any atom is -0.481 e. The number of rotatable bonds is 4. The minimum atomic E-state index is -0.781. The molecule has 0 saturated carbocycles. The van der Waals surface area contributed by atoms with E-state index in [1.165, 1.54) is 5.56 Å². The molecule has 2 rings (SSSR count). The summed E-state index contributed by atoms with van der Waals surface area (Å²) in [6.07, 6.45) is 2.28. The summed E-state index contributed by atoms with van der Waals surface area (Å²) in [7, 11) is 1.85. The Morgan fingerprint density at radius 3 is 2.58 bits per heavy atom. The minimum absolute atomic E-state index is 0.417. The van der Waals surface area contributed by atoms with E-state index in [1.54, 1.807) is 17.8 Å². The summed E-state index contributed by atoms with van der Waals surface area (Å²) in [5.74, 6) is -1.20. The summed E-state index contributed by atoms with van der Waals surface area (Å²) >= 11 is 0. The van der Waals surface area contributed by atoms with E-state index in [4.69, 9.17) is 5.11 Å². The van der Waals surface area contributed by atoms with Gasteiger partial charge in [0.1, 0.15) is 0 Å². The van der Waals surface area contributed by atoms with Crippen LogP contribution in [0.15, 0.2) is 30.5 Å². The second kappa shape index (κ2) is 5.26. The molecule has 0 amide bonds. The maximum Gasteiger partial charge on any atom is 0.306 e. The lowest BCUT2D eigenvalue weighted by Gasteiger charge is -2.09. The lowest BCUT2D eigenvalue weighted by atomic mass is 9.98. The Kier molecular flexibility index (Phi) is 3.69. The van der Waals surface area contributed by atoms with Gasteiger partial charge in [-0.1, -0.05) is 36.8 Å². The second-order valence-corrected chi connectivity index (χ2v) is 4.94. The van der Waals surface area contributed by atoms with Gasteiger partial charge in [-0.25, -0.2) is 0 Å². The summed E-state index contributed by atoms with van der Waals surface area (Å²) in [4.78, 5) is 11.0. The number of carboxylic acids is 1. The second-order valence-electron chi connectivity index (χ2n) is 4.94. The molecule has 2 aromatic rings. The lowest BCUT2D eigenvalue weighted by Crippen LogP contribution is -2.15. The molecule has 0 radical (unpaired) electrons. The standard InChI is InChI=1S/C15H18N2O2/c1-10-4-6-12(7-5-10)13-9-16-17(3)14(13)8-11(2)15(18)19/h4-7,9,11H,8H2,1-3H3,(H,18,19). The Labute approximate surface area is 112 Å². The molecule has 0 saturated heterocycles. The van der Waals surface area contributed by atoms with Gasteiger partial charge < -0.3 is 5.11 Å². The fourth-order valence-electron chi connectivity index (χ4n) is 2.06. The molecule has 0 aliphatic carbocycles. The number of hydrogen-bond donors (Lipinski definition) is 1. The number of aliphatic carboxylic acids is 1. The third-order valence-corrected chi connectivity index (χ3v) is 3.35. The predicted molar refractivity (Wildman–Crippen MR) is 73.9 cm³/mol. The van der Waals surface area contributed by atoms with Crippen LogP contribution in [0.1, 0.15) is 18.2 Å². The molecule has 1 atom stereocenters. The van der Waals surface area contributed by atoms with Gasteiger partial charge in [-0.2, -0.15) is 5.10 Å². The van der Waals surface area contributed by atoms with Crippen molar-refractivity contribution in [3.63, 3.8) is 0 Å². The van der Waals surface area contributed by atoms with Crippen LogP contribution in [0.3, 0.4) is 0 Å². The normalized spacial score (nSPS) is 12.4. The van der Waals surface area contributed by atoms with Crippen molar-refractivity contribution in [3.8, 4) is 11.1 Å². The van der Waals surface area contributed by atoms with Crippen LogP contribution in [-0.2, 0) is 18.3 Å². The van der Waals surface area contributed by atoms with Gasteiger partial charge in [-0.15, -0.1) is 0 Å². The average molecular weight is 258 g/mol. The summed E-state index contributed by atoms with van der Waals surface area (Å²) in [5, 5.41) is 13.3. The highest BCUT2D eigenvalue weighted by Crippen LogP contribution is 2.25. The van der Waals surface area contributed by atoms with Crippen molar-refractivity contribution in [2.75, 3.05) is 0 Å². The SMILES string of the molecule is Cc1ccc(-c2cnn(C)c2CC(C)C(=O)O)cc1. The molecular weight excluding hydrogens is 240 g/mol. The first-order valence-electron chi connectivity index (χ1n) is 6.29. The zero-order valence-corrected chi connectivity index (χ0v) is 11.4. The molecule has 0 aliphatic rings. The van der Waals surface area contributed by atoms with Gasteiger partial charge in [0.2, 0.25) is 0 Å². The lowest BCUT2D eigenvalue weighted by molar-refractivity contribution is -0.141. The number of carbonyl (C=O) groups is 1. The molecule has 4 heteroatoms. The average Bonchev–Trinajstić information content (AvgIpc) is 2.72. The summed E-state index contributed by atoms with van der Waals surface area (Å²) in [6.45, 7) is 3.76. The predicted octanol–water partition coefficient (Wildman–Crippen LogP) is 2.66. The summed E-state index contributed by atoms with van der Waals surface area (Å²) in [6, 6.07) is 8.18.